The second kappa shape index (κ2) is 5.80. The van der Waals surface area contributed by atoms with Gasteiger partial charge in [0.2, 0.25) is 10.0 Å². The Balaban J connectivity index is 2.03. The number of benzene rings is 1. The van der Waals surface area contributed by atoms with Gasteiger partial charge in [0.15, 0.2) is 0 Å². The molecule has 0 spiro atoms. The summed E-state index contributed by atoms with van der Waals surface area (Å²) in [5.41, 5.74) is 0.452. The van der Waals surface area contributed by atoms with Gasteiger partial charge in [0, 0.05) is 19.1 Å². The summed E-state index contributed by atoms with van der Waals surface area (Å²) >= 11 is 0. The lowest BCUT2D eigenvalue weighted by Gasteiger charge is -2.15. The summed E-state index contributed by atoms with van der Waals surface area (Å²) in [7, 11) is -1.68. The van der Waals surface area contributed by atoms with Crippen LogP contribution in [0.2, 0.25) is 0 Å². The quantitative estimate of drug-likeness (QED) is 0.876. The third-order valence-electron chi connectivity index (χ3n) is 3.31. The number of nitrogens with one attached hydrogen (secondary N) is 1. The van der Waals surface area contributed by atoms with Gasteiger partial charge >= 0.3 is 0 Å². The zero-order chi connectivity index (χ0) is 14.8. The van der Waals surface area contributed by atoms with Crippen molar-refractivity contribution >= 4 is 15.9 Å². The maximum atomic E-state index is 12.2. The number of methoxy groups -OCH3 is 1. The summed E-state index contributed by atoms with van der Waals surface area (Å²) in [4.78, 5) is 12.2. The number of hydrogen-bond acceptors (Lipinski definition) is 4. The van der Waals surface area contributed by atoms with Crippen LogP contribution >= 0.6 is 0 Å². The lowest BCUT2D eigenvalue weighted by molar-refractivity contribution is 0.0936. The SMILES string of the molecule is COc1ccccc1C(=O)NC1CCN(S(C)(=O)=O)C1. The van der Waals surface area contributed by atoms with E-state index in [0.29, 0.717) is 30.8 Å². The summed E-state index contributed by atoms with van der Waals surface area (Å²) in [6.07, 6.45) is 1.80. The van der Waals surface area contributed by atoms with E-state index < -0.39 is 10.0 Å². The summed E-state index contributed by atoms with van der Waals surface area (Å²) in [6, 6.07) is 6.78. The van der Waals surface area contributed by atoms with Crippen molar-refractivity contribution in [3.05, 3.63) is 29.8 Å². The molecule has 0 aromatic heterocycles. The Morgan fingerprint density at radius 2 is 2.10 bits per heavy atom. The molecule has 1 heterocycles. The summed E-state index contributed by atoms with van der Waals surface area (Å²) in [5, 5.41) is 2.85. The van der Waals surface area contributed by atoms with Crippen LogP contribution in [0.4, 0.5) is 0 Å². The minimum atomic E-state index is -3.19. The Kier molecular flexibility index (Phi) is 4.29. The number of hydrogen-bond donors (Lipinski definition) is 1. The predicted octanol–water partition coefficient (Wildman–Crippen LogP) is 0.459. The normalized spacial score (nSPS) is 19.8. The molecular formula is C13H18N2O4S. The minimum absolute atomic E-state index is 0.165. The largest absolute Gasteiger partial charge is 0.496 e. The molecule has 1 atom stereocenters. The molecule has 1 aliphatic heterocycles. The van der Waals surface area contributed by atoms with Crippen molar-refractivity contribution in [2.45, 2.75) is 12.5 Å². The van der Waals surface area contributed by atoms with Gasteiger partial charge in [0.1, 0.15) is 5.75 Å². The Hall–Kier alpha value is -1.60. The number of nitrogens with zero attached hydrogens (tertiary/aromatic N) is 1. The van der Waals surface area contributed by atoms with E-state index in [4.69, 9.17) is 4.74 Å². The van der Waals surface area contributed by atoms with E-state index in [1.165, 1.54) is 17.7 Å². The maximum absolute atomic E-state index is 12.2. The molecule has 1 fully saturated rings. The van der Waals surface area contributed by atoms with Crippen LogP contribution < -0.4 is 10.1 Å². The number of amides is 1. The first kappa shape index (κ1) is 14.8. The second-order valence-corrected chi connectivity index (χ2v) is 6.76. The van der Waals surface area contributed by atoms with Crippen LogP contribution in [-0.2, 0) is 10.0 Å². The molecule has 0 bridgehead atoms. The highest BCUT2D eigenvalue weighted by Crippen LogP contribution is 2.18. The summed E-state index contributed by atoms with van der Waals surface area (Å²) < 4.78 is 29.4. The predicted molar refractivity (Wildman–Crippen MR) is 75.3 cm³/mol. The Morgan fingerprint density at radius 1 is 1.40 bits per heavy atom. The second-order valence-electron chi connectivity index (χ2n) is 4.78. The van der Waals surface area contributed by atoms with Crippen LogP contribution in [0.15, 0.2) is 24.3 Å². The van der Waals surface area contributed by atoms with E-state index in [-0.39, 0.29) is 11.9 Å². The lowest BCUT2D eigenvalue weighted by Crippen LogP contribution is -2.38. The first-order valence-electron chi connectivity index (χ1n) is 6.31. The van der Waals surface area contributed by atoms with Crippen molar-refractivity contribution in [3.63, 3.8) is 0 Å². The van der Waals surface area contributed by atoms with Gasteiger partial charge in [0.05, 0.1) is 18.9 Å². The highest BCUT2D eigenvalue weighted by Gasteiger charge is 2.29. The molecule has 6 nitrogen and oxygen atoms in total. The highest BCUT2D eigenvalue weighted by atomic mass is 32.2. The molecule has 1 saturated heterocycles. The first-order chi connectivity index (χ1) is 9.41. The number of para-hydroxylation sites is 1. The third kappa shape index (κ3) is 3.29. The molecule has 1 aliphatic rings. The van der Waals surface area contributed by atoms with Crippen LogP contribution in [-0.4, -0.2) is 51.1 Å². The van der Waals surface area contributed by atoms with E-state index in [0.717, 1.165) is 0 Å². The molecule has 7 heteroatoms. The fourth-order valence-corrected chi connectivity index (χ4v) is 3.13. The fourth-order valence-electron chi connectivity index (χ4n) is 2.24. The van der Waals surface area contributed by atoms with Gasteiger partial charge in [-0.25, -0.2) is 12.7 Å². The van der Waals surface area contributed by atoms with Gasteiger partial charge in [0.25, 0.3) is 5.91 Å². The number of carbonyl (C=O) groups is 1. The summed E-state index contributed by atoms with van der Waals surface area (Å²) in [5.74, 6) is 0.255. The van der Waals surface area contributed by atoms with E-state index in [1.807, 2.05) is 0 Å². The average Bonchev–Trinajstić information content (AvgIpc) is 2.87. The van der Waals surface area contributed by atoms with Crippen molar-refractivity contribution in [1.29, 1.82) is 0 Å². The molecule has 0 radical (unpaired) electrons. The van der Waals surface area contributed by atoms with Gasteiger partial charge in [-0.1, -0.05) is 12.1 Å². The van der Waals surface area contributed by atoms with Crippen molar-refractivity contribution < 1.29 is 17.9 Å². The minimum Gasteiger partial charge on any atom is -0.496 e. The monoisotopic (exact) mass is 298 g/mol. The van der Waals surface area contributed by atoms with E-state index in [9.17, 15) is 13.2 Å². The number of sulfonamides is 1. The first-order valence-corrected chi connectivity index (χ1v) is 8.15. The van der Waals surface area contributed by atoms with Crippen LogP contribution in [0, 0.1) is 0 Å². The Labute approximate surface area is 118 Å². The molecule has 1 N–H and O–H groups in total. The molecule has 20 heavy (non-hydrogen) atoms. The fraction of sp³-hybridized carbons (Fsp3) is 0.462. The molecule has 0 aliphatic carbocycles. The maximum Gasteiger partial charge on any atom is 0.255 e. The van der Waals surface area contributed by atoms with Crippen molar-refractivity contribution in [2.24, 2.45) is 0 Å². The summed E-state index contributed by atoms with van der Waals surface area (Å²) in [6.45, 7) is 0.759. The van der Waals surface area contributed by atoms with Gasteiger partial charge in [-0.05, 0) is 18.6 Å². The van der Waals surface area contributed by atoms with Gasteiger partial charge < -0.3 is 10.1 Å². The van der Waals surface area contributed by atoms with Gasteiger partial charge in [-0.2, -0.15) is 0 Å². The van der Waals surface area contributed by atoms with Crippen molar-refractivity contribution in [3.8, 4) is 5.75 Å². The number of ether oxygens (including phenoxy) is 1. The molecule has 1 amide bonds. The van der Waals surface area contributed by atoms with E-state index in [1.54, 1.807) is 24.3 Å². The molecule has 0 saturated carbocycles. The van der Waals surface area contributed by atoms with Crippen molar-refractivity contribution in [1.82, 2.24) is 9.62 Å². The molecular weight excluding hydrogens is 280 g/mol. The molecule has 2 rings (SSSR count). The number of carbonyl (C=O) groups excluding carboxylic acids is 1. The van der Waals surface area contributed by atoms with Gasteiger partial charge in [-0.15, -0.1) is 0 Å². The molecule has 1 aromatic rings. The topological polar surface area (TPSA) is 75.7 Å². The van der Waals surface area contributed by atoms with Crippen LogP contribution in [0.3, 0.4) is 0 Å². The third-order valence-corrected chi connectivity index (χ3v) is 4.58. The smallest absolute Gasteiger partial charge is 0.255 e. The van der Waals surface area contributed by atoms with Gasteiger partial charge in [-0.3, -0.25) is 4.79 Å². The number of rotatable bonds is 4. The lowest BCUT2D eigenvalue weighted by atomic mass is 10.1. The van der Waals surface area contributed by atoms with Crippen molar-refractivity contribution in [2.75, 3.05) is 26.5 Å². The van der Waals surface area contributed by atoms with Crippen LogP contribution in [0.5, 0.6) is 5.75 Å². The van der Waals surface area contributed by atoms with E-state index >= 15 is 0 Å². The molecule has 1 unspecified atom stereocenters. The van der Waals surface area contributed by atoms with E-state index in [2.05, 4.69) is 5.32 Å². The standard InChI is InChI=1S/C13H18N2O4S/c1-19-12-6-4-3-5-11(12)13(16)14-10-7-8-15(9-10)20(2,17)18/h3-6,10H,7-9H2,1-2H3,(H,14,16). The highest BCUT2D eigenvalue weighted by molar-refractivity contribution is 7.88. The zero-order valence-corrected chi connectivity index (χ0v) is 12.3. The Morgan fingerprint density at radius 3 is 2.70 bits per heavy atom. The molecule has 1 aromatic carbocycles. The van der Waals surface area contributed by atoms with Crippen LogP contribution in [0.25, 0.3) is 0 Å². The Bertz CT molecular complexity index is 600. The molecule has 110 valence electrons. The average molecular weight is 298 g/mol. The van der Waals surface area contributed by atoms with Crippen LogP contribution in [0.1, 0.15) is 16.8 Å². The zero-order valence-electron chi connectivity index (χ0n) is 11.5.